The SMILES string of the molecule is Cn1c(Sc2ccc(O)cc2)nc(Cc2ccccc2)c1Cc1ccccc1. The predicted octanol–water partition coefficient (Wildman–Crippen LogP) is 5.46. The minimum absolute atomic E-state index is 0.277. The molecule has 0 amide bonds. The molecule has 0 aliphatic carbocycles. The summed E-state index contributed by atoms with van der Waals surface area (Å²) in [6, 6.07) is 28.3. The average Bonchev–Trinajstić information content (AvgIpc) is 3.00. The minimum Gasteiger partial charge on any atom is -0.508 e. The molecule has 4 aromatic rings. The van der Waals surface area contributed by atoms with Gasteiger partial charge in [-0.25, -0.2) is 4.98 Å². The number of aromatic nitrogens is 2. The molecule has 0 saturated carbocycles. The van der Waals surface area contributed by atoms with E-state index in [0.29, 0.717) is 0 Å². The maximum absolute atomic E-state index is 9.52. The maximum atomic E-state index is 9.52. The third-order valence-corrected chi connectivity index (χ3v) is 5.79. The van der Waals surface area contributed by atoms with Crippen LogP contribution >= 0.6 is 11.8 Å². The summed E-state index contributed by atoms with van der Waals surface area (Å²) in [7, 11) is 2.09. The van der Waals surface area contributed by atoms with Crippen LogP contribution < -0.4 is 0 Å². The molecule has 0 atom stereocenters. The van der Waals surface area contributed by atoms with Gasteiger partial charge in [-0.15, -0.1) is 0 Å². The van der Waals surface area contributed by atoms with E-state index in [1.54, 1.807) is 23.9 Å². The van der Waals surface area contributed by atoms with Crippen molar-refractivity contribution in [1.82, 2.24) is 9.55 Å². The molecule has 0 unspecified atom stereocenters. The molecule has 4 heteroatoms. The number of benzene rings is 3. The van der Waals surface area contributed by atoms with Gasteiger partial charge >= 0.3 is 0 Å². The number of nitrogens with zero attached hydrogens (tertiary/aromatic N) is 2. The van der Waals surface area contributed by atoms with E-state index in [9.17, 15) is 5.11 Å². The smallest absolute Gasteiger partial charge is 0.173 e. The number of aromatic hydroxyl groups is 1. The Labute approximate surface area is 169 Å². The zero-order valence-electron chi connectivity index (χ0n) is 15.7. The lowest BCUT2D eigenvalue weighted by molar-refractivity contribution is 0.475. The van der Waals surface area contributed by atoms with Gasteiger partial charge in [0.25, 0.3) is 0 Å². The summed E-state index contributed by atoms with van der Waals surface area (Å²) in [5, 5.41) is 10.5. The fraction of sp³-hybridized carbons (Fsp3) is 0.125. The quantitative estimate of drug-likeness (QED) is 0.478. The van der Waals surface area contributed by atoms with Crippen LogP contribution in [0.4, 0.5) is 0 Å². The average molecular weight is 387 g/mol. The normalized spacial score (nSPS) is 10.9. The zero-order chi connectivity index (χ0) is 19.3. The zero-order valence-corrected chi connectivity index (χ0v) is 16.6. The lowest BCUT2D eigenvalue weighted by Gasteiger charge is -2.08. The molecule has 1 heterocycles. The molecular formula is C24H22N2OS. The van der Waals surface area contributed by atoms with Crippen LogP contribution in [0.1, 0.15) is 22.5 Å². The molecule has 28 heavy (non-hydrogen) atoms. The molecule has 0 aliphatic heterocycles. The Bertz CT molecular complexity index is 1040. The summed E-state index contributed by atoms with van der Waals surface area (Å²) in [5.74, 6) is 0.277. The molecular weight excluding hydrogens is 364 g/mol. The molecule has 0 saturated heterocycles. The minimum atomic E-state index is 0.277. The maximum Gasteiger partial charge on any atom is 0.173 e. The van der Waals surface area contributed by atoms with E-state index in [-0.39, 0.29) is 5.75 Å². The first-order valence-corrected chi connectivity index (χ1v) is 10.1. The van der Waals surface area contributed by atoms with Crippen LogP contribution in [-0.4, -0.2) is 14.7 Å². The highest BCUT2D eigenvalue weighted by molar-refractivity contribution is 7.99. The van der Waals surface area contributed by atoms with Crippen LogP contribution in [0.25, 0.3) is 0 Å². The Hall–Kier alpha value is -2.98. The topological polar surface area (TPSA) is 38.0 Å². The van der Waals surface area contributed by atoms with Crippen molar-refractivity contribution in [3.63, 3.8) is 0 Å². The number of imidazole rings is 1. The second kappa shape index (κ2) is 8.36. The van der Waals surface area contributed by atoms with Crippen molar-refractivity contribution in [2.45, 2.75) is 22.9 Å². The lowest BCUT2D eigenvalue weighted by Crippen LogP contribution is -2.02. The summed E-state index contributed by atoms with van der Waals surface area (Å²) < 4.78 is 2.20. The van der Waals surface area contributed by atoms with Crippen LogP contribution in [0.3, 0.4) is 0 Å². The standard InChI is InChI=1S/C24H22N2OS/c1-26-23(17-19-10-6-3-7-11-19)22(16-18-8-4-2-5-9-18)25-24(26)28-21-14-12-20(27)13-15-21/h2-15,27H,16-17H2,1H3. The van der Waals surface area contributed by atoms with Gasteiger partial charge in [0.1, 0.15) is 5.75 Å². The first-order valence-electron chi connectivity index (χ1n) is 9.28. The second-order valence-electron chi connectivity index (χ2n) is 6.77. The number of hydrogen-bond donors (Lipinski definition) is 1. The fourth-order valence-electron chi connectivity index (χ4n) is 3.22. The predicted molar refractivity (Wildman–Crippen MR) is 114 cm³/mol. The Morgan fingerprint density at radius 3 is 1.96 bits per heavy atom. The lowest BCUT2D eigenvalue weighted by atomic mass is 10.0. The van der Waals surface area contributed by atoms with Gasteiger partial charge in [-0.2, -0.15) is 0 Å². The van der Waals surface area contributed by atoms with E-state index in [1.807, 2.05) is 24.3 Å². The van der Waals surface area contributed by atoms with E-state index < -0.39 is 0 Å². The van der Waals surface area contributed by atoms with Gasteiger partial charge in [0.05, 0.1) is 5.69 Å². The summed E-state index contributed by atoms with van der Waals surface area (Å²) in [6.45, 7) is 0. The highest BCUT2D eigenvalue weighted by atomic mass is 32.2. The van der Waals surface area contributed by atoms with Gasteiger partial charge in [0.15, 0.2) is 5.16 Å². The van der Waals surface area contributed by atoms with Crippen molar-refractivity contribution < 1.29 is 5.11 Å². The highest BCUT2D eigenvalue weighted by Crippen LogP contribution is 2.31. The van der Waals surface area contributed by atoms with Crippen LogP contribution in [0.15, 0.2) is 95.0 Å². The summed E-state index contributed by atoms with van der Waals surface area (Å²) in [6.07, 6.45) is 1.66. The van der Waals surface area contributed by atoms with Crippen molar-refractivity contribution in [2.75, 3.05) is 0 Å². The summed E-state index contributed by atoms with van der Waals surface area (Å²) in [5.41, 5.74) is 4.88. The van der Waals surface area contributed by atoms with Gasteiger partial charge in [-0.05, 0) is 35.4 Å². The van der Waals surface area contributed by atoms with Crippen molar-refractivity contribution >= 4 is 11.8 Å². The van der Waals surface area contributed by atoms with Crippen molar-refractivity contribution in [3.05, 3.63) is 107 Å². The van der Waals surface area contributed by atoms with E-state index in [1.165, 1.54) is 16.8 Å². The fourth-order valence-corrected chi connectivity index (χ4v) is 4.10. The summed E-state index contributed by atoms with van der Waals surface area (Å²) >= 11 is 1.62. The van der Waals surface area contributed by atoms with E-state index in [0.717, 1.165) is 28.6 Å². The van der Waals surface area contributed by atoms with Gasteiger partial charge in [-0.3, -0.25) is 0 Å². The van der Waals surface area contributed by atoms with Crippen LogP contribution in [0.5, 0.6) is 5.75 Å². The molecule has 1 aromatic heterocycles. The van der Waals surface area contributed by atoms with E-state index in [2.05, 4.69) is 60.1 Å². The largest absolute Gasteiger partial charge is 0.508 e. The Kier molecular flexibility index (Phi) is 5.49. The molecule has 0 spiro atoms. The molecule has 3 aromatic carbocycles. The summed E-state index contributed by atoms with van der Waals surface area (Å²) in [4.78, 5) is 6.04. The Morgan fingerprint density at radius 1 is 0.786 bits per heavy atom. The molecule has 0 bridgehead atoms. The third-order valence-electron chi connectivity index (χ3n) is 4.73. The highest BCUT2D eigenvalue weighted by Gasteiger charge is 2.16. The van der Waals surface area contributed by atoms with Crippen molar-refractivity contribution in [1.29, 1.82) is 0 Å². The molecule has 0 radical (unpaired) electrons. The van der Waals surface area contributed by atoms with Gasteiger partial charge in [0, 0.05) is 30.5 Å². The monoisotopic (exact) mass is 386 g/mol. The molecule has 4 rings (SSSR count). The number of phenols is 1. The van der Waals surface area contributed by atoms with Crippen LogP contribution in [0, 0.1) is 0 Å². The van der Waals surface area contributed by atoms with E-state index >= 15 is 0 Å². The number of phenolic OH excluding ortho intramolecular Hbond substituents is 1. The first kappa shape index (κ1) is 18.4. The number of rotatable bonds is 6. The van der Waals surface area contributed by atoms with Crippen LogP contribution in [0.2, 0.25) is 0 Å². The Morgan fingerprint density at radius 2 is 1.36 bits per heavy atom. The van der Waals surface area contributed by atoms with Crippen molar-refractivity contribution in [2.24, 2.45) is 7.05 Å². The van der Waals surface area contributed by atoms with Gasteiger partial charge in [0.2, 0.25) is 0 Å². The van der Waals surface area contributed by atoms with Gasteiger partial charge in [-0.1, -0.05) is 72.4 Å². The number of hydrogen-bond acceptors (Lipinski definition) is 3. The first-order chi connectivity index (χ1) is 13.7. The molecule has 0 aliphatic rings. The molecule has 0 fully saturated rings. The second-order valence-corrected chi connectivity index (χ2v) is 7.81. The van der Waals surface area contributed by atoms with Gasteiger partial charge < -0.3 is 9.67 Å². The van der Waals surface area contributed by atoms with Crippen molar-refractivity contribution in [3.8, 4) is 5.75 Å². The van der Waals surface area contributed by atoms with E-state index in [4.69, 9.17) is 4.98 Å². The molecule has 1 N–H and O–H groups in total. The molecule has 140 valence electrons. The Balaban J connectivity index is 1.68. The van der Waals surface area contributed by atoms with Crippen LogP contribution in [-0.2, 0) is 19.9 Å². The molecule has 3 nitrogen and oxygen atoms in total. The third kappa shape index (κ3) is 4.29.